The highest BCUT2D eigenvalue weighted by atomic mass is 32.3. The molecule has 0 spiro atoms. The molecule has 0 bridgehead atoms. The summed E-state index contributed by atoms with van der Waals surface area (Å²) in [5.41, 5.74) is -0.915. The molecule has 0 amide bonds. The van der Waals surface area contributed by atoms with Gasteiger partial charge in [-0.2, -0.15) is 0 Å². The first-order chi connectivity index (χ1) is 17.2. The molecule has 0 heterocycles. The molecule has 0 aromatic carbocycles. The maximum atomic E-state index is 13.8. The normalized spacial score (nSPS) is 42.2. The molecule has 9 nitrogen and oxygen atoms in total. The molecule has 10 heteroatoms. The van der Waals surface area contributed by atoms with Crippen LogP contribution in [0.15, 0.2) is 0 Å². The second kappa shape index (κ2) is 10.2. The van der Waals surface area contributed by atoms with Gasteiger partial charge in [-0.25, -0.2) is 8.42 Å². The molecular weight excluding hydrogens is 500 g/mol. The van der Waals surface area contributed by atoms with E-state index < -0.39 is 21.9 Å². The lowest BCUT2D eigenvalue weighted by Gasteiger charge is -2.62. The summed E-state index contributed by atoms with van der Waals surface area (Å²) in [5.74, 6) is -0.747. The second-order valence-corrected chi connectivity index (χ2v) is 13.5. The van der Waals surface area contributed by atoms with Crippen molar-refractivity contribution in [3.05, 3.63) is 0 Å². The van der Waals surface area contributed by atoms with Crippen molar-refractivity contribution in [2.75, 3.05) is 7.11 Å². The van der Waals surface area contributed by atoms with Crippen molar-refractivity contribution in [1.82, 2.24) is 0 Å². The van der Waals surface area contributed by atoms with Gasteiger partial charge in [0.25, 0.3) is 0 Å². The molecule has 37 heavy (non-hydrogen) atoms. The van der Waals surface area contributed by atoms with Crippen LogP contribution in [0.25, 0.3) is 0 Å². The van der Waals surface area contributed by atoms with E-state index in [-0.39, 0.29) is 71.2 Å². The number of methoxy groups -OCH3 is 1. The monoisotopic (exact) mass is 541 g/mol. The molecule has 4 aliphatic carbocycles. The maximum absolute atomic E-state index is 13.8. The van der Waals surface area contributed by atoms with Gasteiger partial charge in [0.15, 0.2) is 0 Å². The van der Waals surface area contributed by atoms with Gasteiger partial charge in [-0.15, -0.1) is 0 Å². The Kier molecular flexibility index (Phi) is 7.87. The number of ketones is 1. The van der Waals surface area contributed by atoms with E-state index in [1.165, 1.54) is 14.0 Å². The Bertz CT molecular complexity index is 1020. The summed E-state index contributed by atoms with van der Waals surface area (Å²) in [6.45, 7) is 7.62. The van der Waals surface area contributed by atoms with E-state index in [4.69, 9.17) is 13.7 Å². The number of ether oxygens (including phenoxy) is 2. The minimum absolute atomic E-state index is 0.00730. The fourth-order valence-electron chi connectivity index (χ4n) is 9.08. The molecule has 4 rings (SSSR count). The first-order valence-electron chi connectivity index (χ1n) is 13.6. The summed E-state index contributed by atoms with van der Waals surface area (Å²) in [5, 5.41) is 0. The molecule has 0 aliphatic heterocycles. The van der Waals surface area contributed by atoms with E-state index in [1.807, 2.05) is 13.8 Å². The zero-order valence-electron chi connectivity index (χ0n) is 22.6. The summed E-state index contributed by atoms with van der Waals surface area (Å²) in [7, 11) is -3.61. The SMILES string of the molecule is COC(=O)CC[C@@H](C)[C@H]1CC[C@H]2[C@@H]3C(=O)C[C@@H]4C[C@H](OC(C)=O)CC[C@]4(C)[C@H]3C[C@H](OS(=O)(=O)[O-])[C@]12C. The number of esters is 2. The van der Waals surface area contributed by atoms with Gasteiger partial charge < -0.3 is 14.0 Å². The third-order valence-corrected chi connectivity index (χ3v) is 11.3. The van der Waals surface area contributed by atoms with E-state index in [0.29, 0.717) is 32.1 Å². The Morgan fingerprint density at radius 1 is 1.14 bits per heavy atom. The van der Waals surface area contributed by atoms with Crippen LogP contribution in [0.5, 0.6) is 0 Å². The highest BCUT2D eigenvalue weighted by molar-refractivity contribution is 7.80. The van der Waals surface area contributed by atoms with Crippen LogP contribution in [0, 0.1) is 46.3 Å². The number of hydrogen-bond donors (Lipinski definition) is 0. The van der Waals surface area contributed by atoms with E-state index in [9.17, 15) is 27.4 Å². The Hall–Kier alpha value is -1.52. The van der Waals surface area contributed by atoms with Gasteiger partial charge in [0, 0.05) is 31.1 Å². The minimum Gasteiger partial charge on any atom is -0.726 e. The first-order valence-corrected chi connectivity index (χ1v) is 14.9. The fraction of sp³-hybridized carbons (Fsp3) is 0.889. The topological polar surface area (TPSA) is 136 Å². The predicted molar refractivity (Wildman–Crippen MR) is 132 cm³/mol. The van der Waals surface area contributed by atoms with E-state index in [1.54, 1.807) is 0 Å². The van der Waals surface area contributed by atoms with Crippen molar-refractivity contribution in [2.24, 2.45) is 46.3 Å². The molecule has 4 aliphatic rings. The van der Waals surface area contributed by atoms with Crippen LogP contribution in [0.2, 0.25) is 0 Å². The Balaban J connectivity index is 1.66. The Morgan fingerprint density at radius 3 is 2.46 bits per heavy atom. The summed E-state index contributed by atoms with van der Waals surface area (Å²) >= 11 is 0. The summed E-state index contributed by atoms with van der Waals surface area (Å²) in [6.07, 6.45) is 4.17. The second-order valence-electron chi connectivity index (χ2n) is 12.5. The van der Waals surface area contributed by atoms with E-state index in [2.05, 4.69) is 6.92 Å². The molecule has 0 radical (unpaired) electrons. The summed E-state index contributed by atoms with van der Waals surface area (Å²) < 4.78 is 51.5. The maximum Gasteiger partial charge on any atom is 0.305 e. The van der Waals surface area contributed by atoms with Crippen molar-refractivity contribution in [3.8, 4) is 0 Å². The molecule has 0 unspecified atom stereocenters. The fourth-order valence-corrected chi connectivity index (χ4v) is 9.65. The minimum atomic E-state index is -4.97. The average Bonchev–Trinajstić information content (AvgIpc) is 3.15. The van der Waals surface area contributed by atoms with Crippen LogP contribution in [0.3, 0.4) is 0 Å². The van der Waals surface area contributed by atoms with Gasteiger partial charge in [-0.3, -0.25) is 18.6 Å². The molecule has 0 N–H and O–H groups in total. The zero-order valence-corrected chi connectivity index (χ0v) is 23.4. The van der Waals surface area contributed by atoms with Crippen molar-refractivity contribution >= 4 is 28.1 Å². The van der Waals surface area contributed by atoms with E-state index in [0.717, 1.165) is 19.3 Å². The number of Topliss-reactive ketones (excluding diaryl/α,β-unsaturated/α-hetero) is 1. The largest absolute Gasteiger partial charge is 0.726 e. The molecule has 210 valence electrons. The lowest BCUT2D eigenvalue weighted by atomic mass is 9.43. The predicted octanol–water partition coefficient (Wildman–Crippen LogP) is 3.80. The first kappa shape index (κ1) is 28.5. The van der Waals surface area contributed by atoms with Gasteiger partial charge in [-0.1, -0.05) is 20.8 Å². The zero-order chi connectivity index (χ0) is 27.3. The summed E-state index contributed by atoms with van der Waals surface area (Å²) in [4.78, 5) is 37.1. The van der Waals surface area contributed by atoms with Gasteiger partial charge >= 0.3 is 11.9 Å². The number of fused-ring (bicyclic) bond motifs is 5. The Morgan fingerprint density at radius 2 is 1.84 bits per heavy atom. The average molecular weight is 542 g/mol. The molecule has 4 fully saturated rings. The highest BCUT2D eigenvalue weighted by Gasteiger charge is 2.67. The van der Waals surface area contributed by atoms with Crippen LogP contribution in [-0.2, 0) is 38.4 Å². The number of rotatable bonds is 7. The standard InChI is InChI=1S/C27H42O9S/c1-15(6-9-24(30)34-5)19-7-8-20-25-21(14-23(27(19,20)4)36-37(31,32)33)26(3)11-10-18(35-16(2)28)12-17(26)13-22(25)29/h15,17-21,23,25H,6-14H2,1-5H3,(H,31,32,33)/p-1/t15-,17+,18-,19-,20+,21+,23+,25+,26+,27-/m1/s1. The molecule has 10 atom stereocenters. The third-order valence-electron chi connectivity index (χ3n) is 10.9. The van der Waals surface area contributed by atoms with Crippen LogP contribution >= 0.6 is 0 Å². The summed E-state index contributed by atoms with van der Waals surface area (Å²) in [6, 6.07) is 0. The molecule has 0 aromatic rings. The lowest BCUT2D eigenvalue weighted by molar-refractivity contribution is -0.181. The van der Waals surface area contributed by atoms with E-state index >= 15 is 0 Å². The van der Waals surface area contributed by atoms with Gasteiger partial charge in [0.1, 0.15) is 11.9 Å². The Labute approximate surface area is 220 Å². The molecule has 4 saturated carbocycles. The van der Waals surface area contributed by atoms with Crippen molar-refractivity contribution in [2.45, 2.75) is 97.7 Å². The number of carbonyl (C=O) groups is 3. The van der Waals surface area contributed by atoms with Crippen LogP contribution in [0.1, 0.15) is 85.5 Å². The highest BCUT2D eigenvalue weighted by Crippen LogP contribution is 2.68. The smallest absolute Gasteiger partial charge is 0.305 e. The van der Waals surface area contributed by atoms with Crippen molar-refractivity contribution in [1.29, 1.82) is 0 Å². The molecule has 0 saturated heterocycles. The number of hydrogen-bond acceptors (Lipinski definition) is 9. The van der Waals surface area contributed by atoms with Crippen molar-refractivity contribution in [3.63, 3.8) is 0 Å². The number of carbonyl (C=O) groups excluding carboxylic acids is 3. The van der Waals surface area contributed by atoms with Crippen molar-refractivity contribution < 1.29 is 41.0 Å². The van der Waals surface area contributed by atoms with Gasteiger partial charge in [-0.05, 0) is 80.0 Å². The third kappa shape index (κ3) is 5.22. The van der Waals surface area contributed by atoms with Crippen LogP contribution < -0.4 is 0 Å². The van der Waals surface area contributed by atoms with Gasteiger partial charge in [0.2, 0.25) is 10.4 Å². The van der Waals surface area contributed by atoms with Gasteiger partial charge in [0.05, 0.1) is 13.2 Å². The molecule has 0 aromatic heterocycles. The molecular formula is C27H41O9S-. The van der Waals surface area contributed by atoms with Crippen LogP contribution in [-0.4, -0.2) is 50.0 Å². The lowest BCUT2D eigenvalue weighted by Crippen LogP contribution is -2.62. The van der Waals surface area contributed by atoms with Crippen LogP contribution in [0.4, 0.5) is 0 Å². The quantitative estimate of drug-likeness (QED) is 0.268.